The second kappa shape index (κ2) is 4.76. The van der Waals surface area contributed by atoms with E-state index in [1.807, 2.05) is 0 Å². The number of hydrogen-bond donors (Lipinski definition) is 1. The van der Waals surface area contributed by atoms with Crippen LogP contribution < -0.4 is 4.74 Å². The summed E-state index contributed by atoms with van der Waals surface area (Å²) in [6.07, 6.45) is -7.55. The summed E-state index contributed by atoms with van der Waals surface area (Å²) in [4.78, 5) is 10.9. The number of aliphatic carboxylic acids is 1. The van der Waals surface area contributed by atoms with Crippen LogP contribution in [-0.2, 0) is 11.2 Å². The Morgan fingerprint density at radius 3 is 2.53 bits per heavy atom. The molecular formula is C11H7Cl2F3O3. The molecule has 0 saturated carbocycles. The molecule has 1 N–H and O–H groups in total. The van der Waals surface area contributed by atoms with Gasteiger partial charge in [0.15, 0.2) is 0 Å². The highest BCUT2D eigenvalue weighted by Gasteiger charge is 2.52. The molecule has 0 spiro atoms. The third-order valence-corrected chi connectivity index (χ3v) is 3.61. The highest BCUT2D eigenvalue weighted by molar-refractivity contribution is 6.43. The maximum absolute atomic E-state index is 12.8. The Kier molecular flexibility index (Phi) is 3.57. The molecule has 1 aliphatic rings. The Morgan fingerprint density at radius 1 is 1.37 bits per heavy atom. The largest absolute Gasteiger partial charge is 0.481 e. The summed E-state index contributed by atoms with van der Waals surface area (Å²) >= 11 is 11.5. The number of alkyl halides is 3. The Hall–Kier alpha value is -1.14. The Bertz CT molecular complexity index is 531. The first-order valence-electron chi connectivity index (χ1n) is 5.15. The molecule has 0 amide bonds. The van der Waals surface area contributed by atoms with E-state index in [0.29, 0.717) is 5.56 Å². The predicted octanol–water partition coefficient (Wildman–Crippen LogP) is 3.56. The second-order valence-corrected chi connectivity index (χ2v) is 4.86. The van der Waals surface area contributed by atoms with Gasteiger partial charge in [-0.05, 0) is 18.1 Å². The lowest BCUT2D eigenvalue weighted by Crippen LogP contribution is -2.47. The van der Waals surface area contributed by atoms with Gasteiger partial charge in [0.1, 0.15) is 16.7 Å². The van der Waals surface area contributed by atoms with Gasteiger partial charge in [-0.3, -0.25) is 4.79 Å². The molecule has 1 aromatic carbocycles. The van der Waals surface area contributed by atoms with E-state index in [1.165, 1.54) is 12.1 Å². The summed E-state index contributed by atoms with van der Waals surface area (Å²) in [5.41, 5.74) is 0.294. The zero-order valence-electron chi connectivity index (χ0n) is 9.17. The van der Waals surface area contributed by atoms with Gasteiger partial charge >= 0.3 is 12.1 Å². The number of halogens is 5. The van der Waals surface area contributed by atoms with E-state index < -0.39 is 24.2 Å². The summed E-state index contributed by atoms with van der Waals surface area (Å²) in [6.45, 7) is 0. The molecule has 0 saturated heterocycles. The van der Waals surface area contributed by atoms with E-state index in [1.54, 1.807) is 0 Å². The van der Waals surface area contributed by atoms with Crippen molar-refractivity contribution in [2.75, 3.05) is 0 Å². The number of carboxylic acid groups (broad SMARTS) is 1. The minimum absolute atomic E-state index is 0.0510. The Morgan fingerprint density at radius 2 is 2.00 bits per heavy atom. The van der Waals surface area contributed by atoms with Crippen molar-refractivity contribution in [2.45, 2.75) is 18.7 Å². The highest BCUT2D eigenvalue weighted by atomic mass is 35.5. The van der Waals surface area contributed by atoms with Crippen molar-refractivity contribution < 1.29 is 27.8 Å². The van der Waals surface area contributed by atoms with Crippen LogP contribution in [0.1, 0.15) is 5.56 Å². The molecule has 8 heteroatoms. The molecule has 104 valence electrons. The van der Waals surface area contributed by atoms with Gasteiger partial charge in [-0.2, -0.15) is 13.2 Å². The molecule has 3 nitrogen and oxygen atoms in total. The predicted molar refractivity (Wildman–Crippen MR) is 61.8 cm³/mol. The van der Waals surface area contributed by atoms with Gasteiger partial charge in [0.2, 0.25) is 6.10 Å². The number of ether oxygens (including phenoxy) is 1. The van der Waals surface area contributed by atoms with Crippen molar-refractivity contribution in [1.29, 1.82) is 0 Å². The summed E-state index contributed by atoms with van der Waals surface area (Å²) in [7, 11) is 0. The number of rotatable bonds is 1. The molecule has 2 atom stereocenters. The van der Waals surface area contributed by atoms with Crippen LogP contribution in [0.15, 0.2) is 12.1 Å². The molecule has 0 radical (unpaired) electrons. The highest BCUT2D eigenvalue weighted by Crippen LogP contribution is 2.44. The monoisotopic (exact) mass is 314 g/mol. The number of benzene rings is 1. The summed E-state index contributed by atoms with van der Waals surface area (Å²) < 4.78 is 43.2. The molecule has 2 rings (SSSR count). The second-order valence-electron chi connectivity index (χ2n) is 4.08. The van der Waals surface area contributed by atoms with Crippen LogP contribution in [0.5, 0.6) is 5.75 Å². The van der Waals surface area contributed by atoms with Crippen molar-refractivity contribution in [1.82, 2.24) is 0 Å². The quantitative estimate of drug-likeness (QED) is 0.862. The molecule has 0 fully saturated rings. The summed E-state index contributed by atoms with van der Waals surface area (Å²) in [5.74, 6) is -3.47. The number of hydrogen-bond acceptors (Lipinski definition) is 2. The van der Waals surface area contributed by atoms with E-state index in [4.69, 9.17) is 33.0 Å². The SMILES string of the molecule is O=C(O)[C@@H]1Cc2ccc(Cl)c(Cl)c2O[C@@H]1C(F)(F)F. The zero-order valence-corrected chi connectivity index (χ0v) is 10.7. The summed E-state index contributed by atoms with van der Waals surface area (Å²) in [6, 6.07) is 2.80. The molecule has 1 aromatic rings. The maximum Gasteiger partial charge on any atom is 0.426 e. The third-order valence-electron chi connectivity index (χ3n) is 2.82. The zero-order chi connectivity index (χ0) is 14.4. The molecule has 0 unspecified atom stereocenters. The fourth-order valence-electron chi connectivity index (χ4n) is 1.92. The topological polar surface area (TPSA) is 46.5 Å². The number of fused-ring (bicyclic) bond motifs is 1. The first-order valence-corrected chi connectivity index (χ1v) is 5.90. The lowest BCUT2D eigenvalue weighted by Gasteiger charge is -2.33. The van der Waals surface area contributed by atoms with E-state index in [0.717, 1.165) is 0 Å². The van der Waals surface area contributed by atoms with Gasteiger partial charge in [0, 0.05) is 0 Å². The average Bonchev–Trinajstić information content (AvgIpc) is 2.31. The molecule has 1 aliphatic heterocycles. The number of carboxylic acids is 1. The smallest absolute Gasteiger partial charge is 0.426 e. The average molecular weight is 315 g/mol. The van der Waals surface area contributed by atoms with Crippen molar-refractivity contribution in [3.05, 3.63) is 27.7 Å². The first-order chi connectivity index (χ1) is 8.71. The van der Waals surface area contributed by atoms with Crippen LogP contribution >= 0.6 is 23.2 Å². The van der Waals surface area contributed by atoms with Crippen LogP contribution in [0.25, 0.3) is 0 Å². The minimum atomic E-state index is -4.80. The normalized spacial score (nSPS) is 22.6. The number of carbonyl (C=O) groups is 1. The van der Waals surface area contributed by atoms with Crippen molar-refractivity contribution in [3.8, 4) is 5.75 Å². The van der Waals surface area contributed by atoms with E-state index in [2.05, 4.69) is 0 Å². The fraction of sp³-hybridized carbons (Fsp3) is 0.364. The van der Waals surface area contributed by atoms with Crippen LogP contribution in [0, 0.1) is 5.92 Å². The van der Waals surface area contributed by atoms with Crippen molar-refractivity contribution in [2.24, 2.45) is 5.92 Å². The standard InChI is InChI=1S/C11H7Cl2F3O3/c12-6-2-1-4-3-5(10(17)18)9(11(14,15)16)19-8(4)7(6)13/h1-2,5,9H,3H2,(H,17,18)/t5-,9+/m1/s1. The third kappa shape index (κ3) is 2.60. The van der Waals surface area contributed by atoms with Crippen LogP contribution in [0.2, 0.25) is 10.0 Å². The van der Waals surface area contributed by atoms with E-state index in [-0.39, 0.29) is 22.2 Å². The Labute approximate surface area is 115 Å². The molecule has 0 aromatic heterocycles. The Balaban J connectivity index is 2.49. The van der Waals surface area contributed by atoms with Gasteiger partial charge in [-0.15, -0.1) is 0 Å². The van der Waals surface area contributed by atoms with Crippen LogP contribution in [0.4, 0.5) is 13.2 Å². The van der Waals surface area contributed by atoms with Gasteiger partial charge < -0.3 is 9.84 Å². The van der Waals surface area contributed by atoms with Crippen LogP contribution in [-0.4, -0.2) is 23.4 Å². The maximum atomic E-state index is 12.8. The summed E-state index contributed by atoms with van der Waals surface area (Å²) in [5, 5.41) is 8.79. The van der Waals surface area contributed by atoms with Crippen molar-refractivity contribution >= 4 is 29.2 Å². The van der Waals surface area contributed by atoms with Gasteiger partial charge in [-0.1, -0.05) is 29.3 Å². The van der Waals surface area contributed by atoms with Gasteiger partial charge in [-0.25, -0.2) is 0 Å². The van der Waals surface area contributed by atoms with E-state index >= 15 is 0 Å². The molecule has 19 heavy (non-hydrogen) atoms. The fourth-order valence-corrected chi connectivity index (χ4v) is 2.30. The first kappa shape index (κ1) is 14.3. The molecular weight excluding hydrogens is 308 g/mol. The molecule has 1 heterocycles. The minimum Gasteiger partial charge on any atom is -0.481 e. The van der Waals surface area contributed by atoms with Gasteiger partial charge in [0.25, 0.3) is 0 Å². The van der Waals surface area contributed by atoms with Gasteiger partial charge in [0.05, 0.1) is 5.02 Å². The lowest BCUT2D eigenvalue weighted by atomic mass is 9.90. The van der Waals surface area contributed by atoms with Crippen LogP contribution in [0.3, 0.4) is 0 Å². The lowest BCUT2D eigenvalue weighted by molar-refractivity contribution is -0.217. The molecule has 0 aliphatic carbocycles. The van der Waals surface area contributed by atoms with Crippen molar-refractivity contribution in [3.63, 3.8) is 0 Å². The van der Waals surface area contributed by atoms with E-state index in [9.17, 15) is 18.0 Å². The molecule has 0 bridgehead atoms.